The highest BCUT2D eigenvalue weighted by atomic mass is 32.1. The van der Waals surface area contributed by atoms with Crippen LogP contribution in [0, 0.1) is 6.92 Å². The van der Waals surface area contributed by atoms with Crippen molar-refractivity contribution < 1.29 is 4.52 Å². The van der Waals surface area contributed by atoms with Crippen LogP contribution in [0.2, 0.25) is 0 Å². The highest BCUT2D eigenvalue weighted by Crippen LogP contribution is 2.35. The quantitative estimate of drug-likeness (QED) is 0.626. The summed E-state index contributed by atoms with van der Waals surface area (Å²) in [6.45, 7) is 1.97. The first-order valence-electron chi connectivity index (χ1n) is 7.18. The van der Waals surface area contributed by atoms with Gasteiger partial charge in [0.1, 0.15) is 16.9 Å². The van der Waals surface area contributed by atoms with Crippen LogP contribution in [0.4, 0.5) is 0 Å². The van der Waals surface area contributed by atoms with Gasteiger partial charge in [-0.05, 0) is 18.1 Å². The van der Waals surface area contributed by atoms with Crippen LogP contribution in [0.15, 0.2) is 52.1 Å². The van der Waals surface area contributed by atoms with E-state index >= 15 is 0 Å². The minimum atomic E-state index is -0.0996. The summed E-state index contributed by atoms with van der Waals surface area (Å²) in [4.78, 5) is 21.8. The highest BCUT2D eigenvalue weighted by Gasteiger charge is 2.15. The van der Waals surface area contributed by atoms with Crippen molar-refractivity contribution in [1.82, 2.24) is 15.1 Å². The van der Waals surface area contributed by atoms with Gasteiger partial charge in [0.05, 0.1) is 11.6 Å². The summed E-state index contributed by atoms with van der Waals surface area (Å²) in [5, 5.41) is 4.34. The molecule has 1 aromatic carbocycles. The molecule has 114 valence electrons. The lowest BCUT2D eigenvalue weighted by atomic mass is 10.1. The van der Waals surface area contributed by atoms with Gasteiger partial charge in [0.2, 0.25) is 0 Å². The number of hydrogen-bond acceptors (Lipinski definition) is 5. The van der Waals surface area contributed by atoms with Gasteiger partial charge in [0.25, 0.3) is 5.56 Å². The van der Waals surface area contributed by atoms with Crippen LogP contribution in [-0.4, -0.2) is 15.1 Å². The topological polar surface area (TPSA) is 71.8 Å². The number of fused-ring (bicyclic) bond motifs is 1. The number of thiophene rings is 1. The number of nitrogens with zero attached hydrogens (tertiary/aromatic N) is 2. The summed E-state index contributed by atoms with van der Waals surface area (Å²) >= 11 is 1.55. The van der Waals surface area contributed by atoms with Crippen LogP contribution in [0.3, 0.4) is 0 Å². The predicted molar refractivity (Wildman–Crippen MR) is 89.7 cm³/mol. The van der Waals surface area contributed by atoms with Crippen LogP contribution in [0.5, 0.6) is 0 Å². The summed E-state index contributed by atoms with van der Waals surface area (Å²) < 4.78 is 4.82. The van der Waals surface area contributed by atoms with Crippen molar-refractivity contribution in [3.8, 4) is 10.4 Å². The molecule has 3 aromatic heterocycles. The summed E-state index contributed by atoms with van der Waals surface area (Å²) in [7, 11) is 0. The first-order valence-corrected chi connectivity index (χ1v) is 8.00. The fourth-order valence-corrected chi connectivity index (χ4v) is 3.85. The molecule has 0 aliphatic heterocycles. The van der Waals surface area contributed by atoms with Crippen LogP contribution < -0.4 is 5.56 Å². The summed E-state index contributed by atoms with van der Waals surface area (Å²) in [5.41, 5.74) is 2.86. The first kappa shape index (κ1) is 13.9. The van der Waals surface area contributed by atoms with Crippen LogP contribution in [0.1, 0.15) is 17.0 Å². The average Bonchev–Trinajstić information content (AvgIpc) is 3.16. The van der Waals surface area contributed by atoms with E-state index in [-0.39, 0.29) is 5.56 Å². The number of aromatic amines is 1. The van der Waals surface area contributed by atoms with Gasteiger partial charge in [-0.2, -0.15) is 0 Å². The van der Waals surface area contributed by atoms with E-state index in [2.05, 4.69) is 15.1 Å². The van der Waals surface area contributed by atoms with Gasteiger partial charge in [-0.15, -0.1) is 11.3 Å². The van der Waals surface area contributed by atoms with Gasteiger partial charge in [-0.25, -0.2) is 4.98 Å². The predicted octanol–water partition coefficient (Wildman–Crippen LogP) is 3.54. The zero-order chi connectivity index (χ0) is 15.8. The van der Waals surface area contributed by atoms with Gasteiger partial charge in [-0.1, -0.05) is 35.5 Å². The normalized spacial score (nSPS) is 11.2. The van der Waals surface area contributed by atoms with Crippen molar-refractivity contribution in [1.29, 1.82) is 0 Å². The smallest absolute Gasteiger partial charge is 0.259 e. The van der Waals surface area contributed by atoms with Gasteiger partial charge in [0.15, 0.2) is 0 Å². The Morgan fingerprint density at radius 1 is 1.26 bits per heavy atom. The Morgan fingerprint density at radius 2 is 2.09 bits per heavy atom. The fourth-order valence-electron chi connectivity index (χ4n) is 2.64. The summed E-state index contributed by atoms with van der Waals surface area (Å²) in [5.74, 6) is 0.617. The van der Waals surface area contributed by atoms with E-state index in [1.807, 2.05) is 37.3 Å². The van der Waals surface area contributed by atoms with E-state index in [9.17, 15) is 4.79 Å². The van der Waals surface area contributed by atoms with E-state index < -0.39 is 0 Å². The molecule has 0 bridgehead atoms. The van der Waals surface area contributed by atoms with E-state index in [4.69, 9.17) is 4.52 Å². The van der Waals surface area contributed by atoms with Crippen molar-refractivity contribution in [2.75, 3.05) is 0 Å². The van der Waals surface area contributed by atoms with Crippen LogP contribution in [-0.2, 0) is 6.42 Å². The molecule has 0 radical (unpaired) electrons. The van der Waals surface area contributed by atoms with Crippen LogP contribution >= 0.6 is 11.3 Å². The molecule has 4 rings (SSSR count). The number of benzene rings is 1. The third-order valence-corrected chi connectivity index (χ3v) is 4.98. The summed E-state index contributed by atoms with van der Waals surface area (Å²) in [6.07, 6.45) is 3.67. The second-order valence-electron chi connectivity index (χ2n) is 5.32. The Kier molecular flexibility index (Phi) is 3.31. The van der Waals surface area contributed by atoms with Crippen molar-refractivity contribution in [3.63, 3.8) is 0 Å². The maximum atomic E-state index is 12.5. The molecule has 0 fully saturated rings. The average molecular weight is 323 g/mol. The zero-order valence-corrected chi connectivity index (χ0v) is 13.2. The number of rotatable bonds is 3. The lowest BCUT2D eigenvalue weighted by Gasteiger charge is -1.99. The third kappa shape index (κ3) is 2.47. The van der Waals surface area contributed by atoms with Crippen molar-refractivity contribution in [3.05, 3.63) is 70.1 Å². The number of hydrogen-bond donors (Lipinski definition) is 1. The molecule has 4 aromatic rings. The van der Waals surface area contributed by atoms with Gasteiger partial charge in [-0.3, -0.25) is 4.79 Å². The lowest BCUT2D eigenvalue weighted by molar-refractivity contribution is 0.419. The Balaban J connectivity index is 1.86. The van der Waals surface area contributed by atoms with Gasteiger partial charge >= 0.3 is 0 Å². The van der Waals surface area contributed by atoms with Crippen molar-refractivity contribution in [2.24, 2.45) is 0 Å². The molecule has 0 unspecified atom stereocenters. The second kappa shape index (κ2) is 5.48. The Hall–Kier alpha value is -2.73. The molecule has 23 heavy (non-hydrogen) atoms. The van der Waals surface area contributed by atoms with E-state index in [0.29, 0.717) is 17.6 Å². The molecule has 0 aliphatic carbocycles. The molecule has 0 spiro atoms. The second-order valence-corrected chi connectivity index (χ2v) is 6.32. The highest BCUT2D eigenvalue weighted by molar-refractivity contribution is 7.22. The fraction of sp³-hybridized carbons (Fsp3) is 0.118. The lowest BCUT2D eigenvalue weighted by Crippen LogP contribution is -2.11. The molecule has 0 saturated carbocycles. The van der Waals surface area contributed by atoms with E-state index in [1.54, 1.807) is 23.8 Å². The standard InChI is InChI=1S/C17H13N3O2S/c1-10-14-16(21)19-13(7-11-8-18-22-9-11)20-17(14)23-15(10)12-5-3-2-4-6-12/h2-6,8-9H,7H2,1H3,(H,19,20,21). The number of H-pyrrole nitrogens is 1. The number of nitrogens with one attached hydrogen (secondary N) is 1. The molecule has 0 amide bonds. The Bertz CT molecular complexity index is 1020. The Labute approximate surface area is 135 Å². The molecular weight excluding hydrogens is 310 g/mol. The molecule has 0 saturated heterocycles. The first-order chi connectivity index (χ1) is 11.2. The molecule has 5 nitrogen and oxygen atoms in total. The van der Waals surface area contributed by atoms with E-state index in [0.717, 1.165) is 26.4 Å². The third-order valence-electron chi connectivity index (χ3n) is 3.74. The largest absolute Gasteiger partial charge is 0.364 e. The van der Waals surface area contributed by atoms with E-state index in [1.165, 1.54) is 0 Å². The maximum absolute atomic E-state index is 12.5. The molecule has 3 heterocycles. The minimum absolute atomic E-state index is 0.0996. The number of aryl methyl sites for hydroxylation is 1. The molecule has 1 N–H and O–H groups in total. The van der Waals surface area contributed by atoms with Crippen LogP contribution in [0.25, 0.3) is 20.7 Å². The van der Waals surface area contributed by atoms with Crippen molar-refractivity contribution in [2.45, 2.75) is 13.3 Å². The zero-order valence-electron chi connectivity index (χ0n) is 12.4. The Morgan fingerprint density at radius 3 is 2.83 bits per heavy atom. The maximum Gasteiger partial charge on any atom is 0.259 e. The molecule has 6 heteroatoms. The van der Waals surface area contributed by atoms with Gasteiger partial charge in [0, 0.05) is 16.9 Å². The SMILES string of the molecule is Cc1c(-c2ccccc2)sc2nc(Cc3cnoc3)[nH]c(=O)c12. The van der Waals surface area contributed by atoms with Crippen molar-refractivity contribution >= 4 is 21.6 Å². The summed E-state index contributed by atoms with van der Waals surface area (Å²) in [6, 6.07) is 10.1. The molecular formula is C17H13N3O2S. The molecule has 0 atom stereocenters. The molecule has 0 aliphatic rings. The number of aromatic nitrogens is 3. The van der Waals surface area contributed by atoms with Gasteiger partial charge < -0.3 is 9.51 Å². The monoisotopic (exact) mass is 323 g/mol. The minimum Gasteiger partial charge on any atom is -0.364 e.